The van der Waals surface area contributed by atoms with Crippen molar-refractivity contribution in [2.75, 3.05) is 36.9 Å². The van der Waals surface area contributed by atoms with Gasteiger partial charge in [0.25, 0.3) is 0 Å². The minimum absolute atomic E-state index is 0.164. The third-order valence-corrected chi connectivity index (χ3v) is 8.70. The summed E-state index contributed by atoms with van der Waals surface area (Å²) in [5.41, 5.74) is 1.62. The lowest BCUT2D eigenvalue weighted by molar-refractivity contribution is -0.118. The number of nitrogens with zero attached hydrogens (tertiary/aromatic N) is 3. The van der Waals surface area contributed by atoms with Gasteiger partial charge in [-0.3, -0.25) is 9.69 Å². The summed E-state index contributed by atoms with van der Waals surface area (Å²) >= 11 is 0. The topological polar surface area (TPSA) is 48.5 Å². The Morgan fingerprint density at radius 1 is 1.21 bits per heavy atom. The van der Waals surface area contributed by atoms with Gasteiger partial charge >= 0.3 is 0 Å². The third-order valence-electron chi connectivity index (χ3n) is 8.70. The van der Waals surface area contributed by atoms with Crippen molar-refractivity contribution in [3.05, 3.63) is 18.3 Å². The van der Waals surface area contributed by atoms with Crippen molar-refractivity contribution in [2.45, 2.75) is 70.3 Å². The maximum atomic E-state index is 12.7. The second-order valence-electron chi connectivity index (χ2n) is 10.5. The number of nitrogens with one attached hydrogen (secondary N) is 1. The molecule has 5 nitrogen and oxygen atoms in total. The fraction of sp³-hybridized carbons (Fsp3) is 0.750. The highest BCUT2D eigenvalue weighted by atomic mass is 16.1. The van der Waals surface area contributed by atoms with Gasteiger partial charge in [0.05, 0.1) is 11.9 Å². The fourth-order valence-electron chi connectivity index (χ4n) is 5.83. The highest BCUT2D eigenvalue weighted by molar-refractivity contribution is 5.90. The Labute approximate surface area is 175 Å². The van der Waals surface area contributed by atoms with Crippen molar-refractivity contribution in [2.24, 2.45) is 17.3 Å². The Balaban J connectivity index is 1.19. The average molecular weight is 397 g/mol. The van der Waals surface area contributed by atoms with E-state index in [4.69, 9.17) is 4.98 Å². The predicted molar refractivity (Wildman–Crippen MR) is 117 cm³/mol. The van der Waals surface area contributed by atoms with Crippen LogP contribution in [0.4, 0.5) is 11.5 Å². The molecule has 3 saturated carbocycles. The van der Waals surface area contributed by atoms with Gasteiger partial charge in [0.2, 0.25) is 5.91 Å². The molecule has 1 aromatic heterocycles. The molecule has 0 radical (unpaired) electrons. The van der Waals surface area contributed by atoms with Crippen molar-refractivity contribution >= 4 is 17.4 Å². The van der Waals surface area contributed by atoms with Gasteiger partial charge in [-0.1, -0.05) is 26.2 Å². The summed E-state index contributed by atoms with van der Waals surface area (Å²) in [7, 11) is 2.27. The van der Waals surface area contributed by atoms with Crippen LogP contribution in [0, 0.1) is 17.3 Å². The second kappa shape index (κ2) is 7.26. The van der Waals surface area contributed by atoms with E-state index >= 15 is 0 Å². The monoisotopic (exact) mass is 396 g/mol. The number of likely N-dealkylation sites (N-methyl/N-ethyl adjacent to an activating group) is 1. The molecule has 3 aliphatic carbocycles. The number of amides is 1. The van der Waals surface area contributed by atoms with E-state index in [1.807, 2.05) is 12.3 Å². The van der Waals surface area contributed by atoms with Crippen LogP contribution in [0.2, 0.25) is 0 Å². The molecule has 5 rings (SSSR count). The van der Waals surface area contributed by atoms with E-state index in [1.54, 1.807) is 0 Å². The summed E-state index contributed by atoms with van der Waals surface area (Å²) in [5.74, 6) is 2.54. The van der Waals surface area contributed by atoms with Crippen molar-refractivity contribution in [1.29, 1.82) is 0 Å². The zero-order valence-electron chi connectivity index (χ0n) is 18.1. The Bertz CT molecular complexity index is 749. The van der Waals surface area contributed by atoms with Crippen molar-refractivity contribution in [1.82, 2.24) is 9.88 Å². The Morgan fingerprint density at radius 2 is 2.00 bits per heavy atom. The number of hydrogen-bond donors (Lipinski definition) is 1. The summed E-state index contributed by atoms with van der Waals surface area (Å²) in [6.07, 6.45) is 13.0. The number of carbonyl (C=O) groups excluding carboxylic acids is 1. The van der Waals surface area contributed by atoms with E-state index in [0.29, 0.717) is 23.3 Å². The van der Waals surface area contributed by atoms with Gasteiger partial charge in [0, 0.05) is 31.6 Å². The van der Waals surface area contributed by atoms with Crippen molar-refractivity contribution in [3.8, 4) is 0 Å². The van der Waals surface area contributed by atoms with Crippen LogP contribution in [0.3, 0.4) is 0 Å². The molecule has 1 atom stereocenters. The fourth-order valence-corrected chi connectivity index (χ4v) is 5.83. The van der Waals surface area contributed by atoms with E-state index in [1.165, 1.54) is 51.4 Å². The summed E-state index contributed by atoms with van der Waals surface area (Å²) in [4.78, 5) is 22.4. The van der Waals surface area contributed by atoms with E-state index in [9.17, 15) is 4.79 Å². The summed E-state index contributed by atoms with van der Waals surface area (Å²) in [6.45, 7) is 5.58. The van der Waals surface area contributed by atoms with Crippen LogP contribution in [0.15, 0.2) is 18.3 Å². The molecule has 29 heavy (non-hydrogen) atoms. The number of hydrogen-bond acceptors (Lipinski definition) is 4. The zero-order chi connectivity index (χ0) is 20.1. The largest absolute Gasteiger partial charge is 0.353 e. The van der Waals surface area contributed by atoms with Crippen LogP contribution in [0.1, 0.15) is 64.7 Å². The lowest BCUT2D eigenvalue weighted by Crippen LogP contribution is -2.64. The SMILES string of the molecule is CN1CCN(c2ccc(NC(=O)CC(C3CCC3)C3(C)CC3)cn2)CC12CCC2. The molecule has 1 N–H and O–H groups in total. The normalized spacial score (nSPS) is 26.5. The molecule has 1 aromatic rings. The third kappa shape index (κ3) is 3.67. The zero-order valence-corrected chi connectivity index (χ0v) is 18.1. The molecule has 1 aliphatic heterocycles. The number of aromatic nitrogens is 1. The summed E-state index contributed by atoms with van der Waals surface area (Å²) < 4.78 is 0. The molecule has 1 spiro atoms. The van der Waals surface area contributed by atoms with E-state index in [-0.39, 0.29) is 5.91 Å². The maximum Gasteiger partial charge on any atom is 0.224 e. The Kier molecular flexibility index (Phi) is 4.84. The molecule has 5 heteroatoms. The highest BCUT2D eigenvalue weighted by Gasteiger charge is 2.49. The quantitative estimate of drug-likeness (QED) is 0.779. The average Bonchev–Trinajstić information content (AvgIpc) is 3.38. The van der Waals surface area contributed by atoms with E-state index in [2.05, 4.69) is 35.2 Å². The molecule has 1 amide bonds. The van der Waals surface area contributed by atoms with Crippen molar-refractivity contribution in [3.63, 3.8) is 0 Å². The maximum absolute atomic E-state index is 12.7. The van der Waals surface area contributed by atoms with Gasteiger partial charge in [-0.25, -0.2) is 4.98 Å². The molecule has 1 unspecified atom stereocenters. The predicted octanol–water partition coefficient (Wildman–Crippen LogP) is 4.30. The minimum atomic E-state index is 0.164. The van der Waals surface area contributed by atoms with Crippen LogP contribution in [-0.2, 0) is 4.79 Å². The number of anilines is 2. The summed E-state index contributed by atoms with van der Waals surface area (Å²) in [5, 5.41) is 3.12. The Morgan fingerprint density at radius 3 is 2.55 bits per heavy atom. The van der Waals surface area contributed by atoms with Gasteiger partial charge in [0.1, 0.15) is 5.82 Å². The number of piperazine rings is 1. The first kappa shape index (κ1) is 19.3. The standard InChI is InChI=1S/C24H36N4O/c1-23(11-12-23)20(18-5-3-6-18)15-22(29)26-19-7-8-21(25-16-19)28-14-13-27(2)24(17-28)9-4-10-24/h7-8,16,18,20H,3-6,9-15,17H2,1-2H3,(H,26,29). The van der Waals surface area contributed by atoms with Crippen LogP contribution >= 0.6 is 0 Å². The Hall–Kier alpha value is -1.62. The lowest BCUT2D eigenvalue weighted by atomic mass is 9.68. The van der Waals surface area contributed by atoms with Gasteiger partial charge < -0.3 is 10.2 Å². The molecular formula is C24H36N4O. The summed E-state index contributed by atoms with van der Waals surface area (Å²) in [6, 6.07) is 4.11. The van der Waals surface area contributed by atoms with E-state index in [0.717, 1.165) is 37.1 Å². The van der Waals surface area contributed by atoms with Gasteiger partial charge in [-0.15, -0.1) is 0 Å². The molecule has 4 aliphatic rings. The molecule has 1 saturated heterocycles. The molecule has 4 fully saturated rings. The van der Waals surface area contributed by atoms with Crippen LogP contribution in [0.5, 0.6) is 0 Å². The first-order valence-corrected chi connectivity index (χ1v) is 11.7. The molecule has 0 aromatic carbocycles. The van der Waals surface area contributed by atoms with Crippen LogP contribution < -0.4 is 10.2 Å². The molecule has 158 valence electrons. The number of carbonyl (C=O) groups is 1. The smallest absolute Gasteiger partial charge is 0.224 e. The molecule has 0 bridgehead atoms. The molecular weight excluding hydrogens is 360 g/mol. The highest BCUT2D eigenvalue weighted by Crippen LogP contribution is 2.58. The second-order valence-corrected chi connectivity index (χ2v) is 10.5. The number of rotatable bonds is 6. The lowest BCUT2D eigenvalue weighted by Gasteiger charge is -2.55. The minimum Gasteiger partial charge on any atom is -0.353 e. The first-order chi connectivity index (χ1) is 14.0. The van der Waals surface area contributed by atoms with Gasteiger partial charge in [0.15, 0.2) is 0 Å². The first-order valence-electron chi connectivity index (χ1n) is 11.7. The van der Waals surface area contributed by atoms with Crippen molar-refractivity contribution < 1.29 is 4.79 Å². The number of pyridine rings is 1. The molecule has 2 heterocycles. The van der Waals surface area contributed by atoms with Crippen LogP contribution in [-0.4, -0.2) is 48.0 Å². The van der Waals surface area contributed by atoms with Gasteiger partial charge in [-0.2, -0.15) is 0 Å². The van der Waals surface area contributed by atoms with E-state index < -0.39 is 0 Å². The van der Waals surface area contributed by atoms with Crippen LogP contribution in [0.25, 0.3) is 0 Å². The van der Waals surface area contributed by atoms with Gasteiger partial charge in [-0.05, 0) is 68.5 Å².